The van der Waals surface area contributed by atoms with E-state index in [1.807, 2.05) is 6.92 Å². The van der Waals surface area contributed by atoms with Gasteiger partial charge < -0.3 is 10.6 Å². The van der Waals surface area contributed by atoms with Crippen LogP contribution in [-0.4, -0.2) is 21.8 Å². The predicted molar refractivity (Wildman–Crippen MR) is 106 cm³/mol. The maximum Gasteiger partial charge on any atom is 0.258 e. The molecule has 6 nitrogen and oxygen atoms in total. The van der Waals surface area contributed by atoms with E-state index in [9.17, 15) is 9.59 Å². The molecule has 0 fully saturated rings. The van der Waals surface area contributed by atoms with Gasteiger partial charge in [0.2, 0.25) is 0 Å². The first-order valence-corrected chi connectivity index (χ1v) is 8.64. The molecule has 0 aliphatic heterocycles. The normalized spacial score (nSPS) is 10.3. The highest BCUT2D eigenvalue weighted by molar-refractivity contribution is 6.31. The van der Waals surface area contributed by atoms with Gasteiger partial charge in [0.05, 0.1) is 21.8 Å². The monoisotopic (exact) mass is 400 g/mol. The summed E-state index contributed by atoms with van der Waals surface area (Å²) < 4.78 is 0. The molecule has 0 aliphatic carbocycles. The van der Waals surface area contributed by atoms with E-state index in [-0.39, 0.29) is 11.5 Å². The predicted octanol–water partition coefficient (Wildman–Crippen LogP) is 4.60. The molecule has 2 amide bonds. The zero-order chi connectivity index (χ0) is 19.4. The number of amides is 2. The van der Waals surface area contributed by atoms with Gasteiger partial charge in [0, 0.05) is 23.1 Å². The number of halogens is 2. The zero-order valence-corrected chi connectivity index (χ0v) is 15.7. The van der Waals surface area contributed by atoms with Crippen molar-refractivity contribution in [1.82, 2.24) is 9.97 Å². The van der Waals surface area contributed by atoms with Crippen LogP contribution in [0.5, 0.6) is 0 Å². The van der Waals surface area contributed by atoms with Crippen LogP contribution < -0.4 is 10.6 Å². The van der Waals surface area contributed by atoms with Crippen LogP contribution in [0, 0.1) is 6.92 Å². The van der Waals surface area contributed by atoms with E-state index < -0.39 is 5.91 Å². The number of hydrogen-bond donors (Lipinski definition) is 2. The Morgan fingerprint density at radius 1 is 0.852 bits per heavy atom. The fourth-order valence-corrected chi connectivity index (χ4v) is 2.53. The summed E-state index contributed by atoms with van der Waals surface area (Å²) in [5.74, 6) is -0.530. The van der Waals surface area contributed by atoms with Crippen LogP contribution in [0.1, 0.15) is 26.4 Å². The van der Waals surface area contributed by atoms with Crippen molar-refractivity contribution in [3.05, 3.63) is 81.7 Å². The quantitative estimate of drug-likeness (QED) is 0.670. The minimum Gasteiger partial charge on any atom is -0.321 e. The summed E-state index contributed by atoms with van der Waals surface area (Å²) in [4.78, 5) is 33.2. The molecule has 0 saturated heterocycles. The van der Waals surface area contributed by atoms with E-state index >= 15 is 0 Å². The van der Waals surface area contributed by atoms with Crippen LogP contribution in [0.3, 0.4) is 0 Å². The summed E-state index contributed by atoms with van der Waals surface area (Å²) in [5, 5.41) is 6.17. The van der Waals surface area contributed by atoms with Gasteiger partial charge in [-0.25, -0.2) is 4.98 Å². The standard InChI is InChI=1S/C19H14Cl2N4O2/c1-11-2-3-12(9-22-11)18(26)24-16-6-4-13(20)8-15(16)19(27)25-17-7-5-14(21)10-23-17/h2-10H,1H3,(H,24,26)(H,23,25,27). The lowest BCUT2D eigenvalue weighted by Crippen LogP contribution is -2.19. The van der Waals surface area contributed by atoms with E-state index in [4.69, 9.17) is 23.2 Å². The molecule has 0 radical (unpaired) electrons. The number of rotatable bonds is 4. The van der Waals surface area contributed by atoms with Crippen LogP contribution in [0.15, 0.2) is 54.9 Å². The van der Waals surface area contributed by atoms with Gasteiger partial charge in [-0.15, -0.1) is 0 Å². The number of pyridine rings is 2. The lowest BCUT2D eigenvalue weighted by atomic mass is 10.1. The van der Waals surface area contributed by atoms with Crippen molar-refractivity contribution in [3.8, 4) is 0 Å². The van der Waals surface area contributed by atoms with Gasteiger partial charge >= 0.3 is 0 Å². The molecule has 2 N–H and O–H groups in total. The molecule has 1 aromatic carbocycles. The highest BCUT2D eigenvalue weighted by Crippen LogP contribution is 2.23. The Kier molecular flexibility index (Phi) is 5.69. The Morgan fingerprint density at radius 2 is 1.63 bits per heavy atom. The smallest absolute Gasteiger partial charge is 0.258 e. The number of carbonyl (C=O) groups excluding carboxylic acids is 2. The van der Waals surface area contributed by atoms with E-state index in [1.54, 1.807) is 36.4 Å². The Bertz CT molecular complexity index is 990. The molecule has 0 bridgehead atoms. The topological polar surface area (TPSA) is 84.0 Å². The minimum atomic E-state index is -0.468. The molecule has 0 atom stereocenters. The fraction of sp³-hybridized carbons (Fsp3) is 0.0526. The van der Waals surface area contributed by atoms with Gasteiger partial charge in [-0.05, 0) is 49.4 Å². The second-order valence-electron chi connectivity index (χ2n) is 5.65. The second kappa shape index (κ2) is 8.16. The van der Waals surface area contributed by atoms with Gasteiger partial charge in [-0.3, -0.25) is 14.6 Å². The average Bonchev–Trinajstić information content (AvgIpc) is 2.65. The van der Waals surface area contributed by atoms with Crippen LogP contribution >= 0.6 is 23.2 Å². The summed E-state index contributed by atoms with van der Waals surface area (Å²) >= 11 is 11.8. The lowest BCUT2D eigenvalue weighted by Gasteiger charge is -2.12. The molecule has 0 spiro atoms. The summed E-state index contributed by atoms with van der Waals surface area (Å²) in [7, 11) is 0. The number of nitrogens with zero attached hydrogens (tertiary/aromatic N) is 2. The fourth-order valence-electron chi connectivity index (χ4n) is 2.24. The molecule has 2 aromatic heterocycles. The maximum atomic E-state index is 12.6. The summed E-state index contributed by atoms with van der Waals surface area (Å²) in [6, 6.07) is 11.2. The number of carbonyl (C=O) groups is 2. The van der Waals surface area contributed by atoms with Crippen LogP contribution in [0.25, 0.3) is 0 Å². The Balaban J connectivity index is 1.83. The zero-order valence-electron chi connectivity index (χ0n) is 14.2. The number of benzene rings is 1. The van der Waals surface area contributed by atoms with Gasteiger partial charge in [0.25, 0.3) is 11.8 Å². The lowest BCUT2D eigenvalue weighted by molar-refractivity contribution is 0.102. The molecular weight excluding hydrogens is 387 g/mol. The van der Waals surface area contributed by atoms with Gasteiger partial charge in [-0.2, -0.15) is 0 Å². The number of anilines is 2. The molecule has 2 heterocycles. The van der Waals surface area contributed by atoms with Crippen molar-refractivity contribution in [2.75, 3.05) is 10.6 Å². The summed E-state index contributed by atoms with van der Waals surface area (Å²) in [6.45, 7) is 1.83. The van der Waals surface area contributed by atoms with Crippen molar-refractivity contribution in [2.45, 2.75) is 6.92 Å². The molecule has 0 unspecified atom stereocenters. The molecule has 27 heavy (non-hydrogen) atoms. The first-order valence-electron chi connectivity index (χ1n) is 7.89. The second-order valence-corrected chi connectivity index (χ2v) is 6.52. The van der Waals surface area contributed by atoms with Crippen LogP contribution in [0.4, 0.5) is 11.5 Å². The Morgan fingerprint density at radius 3 is 2.30 bits per heavy atom. The largest absolute Gasteiger partial charge is 0.321 e. The van der Waals surface area contributed by atoms with E-state index in [1.165, 1.54) is 18.5 Å². The van der Waals surface area contributed by atoms with Crippen molar-refractivity contribution < 1.29 is 9.59 Å². The molecule has 3 aromatic rings. The molecule has 0 aliphatic rings. The van der Waals surface area contributed by atoms with E-state index in [2.05, 4.69) is 20.6 Å². The van der Waals surface area contributed by atoms with Gasteiger partial charge in [-0.1, -0.05) is 23.2 Å². The maximum absolute atomic E-state index is 12.6. The molecule has 136 valence electrons. The Labute approximate surface area is 165 Å². The average molecular weight is 401 g/mol. The van der Waals surface area contributed by atoms with E-state index in [0.717, 1.165) is 5.69 Å². The highest BCUT2D eigenvalue weighted by atomic mass is 35.5. The van der Waals surface area contributed by atoms with Crippen molar-refractivity contribution in [3.63, 3.8) is 0 Å². The van der Waals surface area contributed by atoms with Crippen molar-refractivity contribution in [2.24, 2.45) is 0 Å². The summed E-state index contributed by atoms with van der Waals surface area (Å²) in [6.07, 6.45) is 2.89. The van der Waals surface area contributed by atoms with Gasteiger partial charge in [0.15, 0.2) is 0 Å². The molecule has 3 rings (SSSR count). The third-order valence-electron chi connectivity index (χ3n) is 3.62. The number of hydrogen-bond acceptors (Lipinski definition) is 4. The Hall–Kier alpha value is -2.96. The number of aromatic nitrogens is 2. The third kappa shape index (κ3) is 4.81. The van der Waals surface area contributed by atoms with Crippen molar-refractivity contribution >= 4 is 46.5 Å². The summed E-state index contributed by atoms with van der Waals surface area (Å²) in [5.41, 5.74) is 1.69. The molecule has 0 saturated carbocycles. The number of aryl methyl sites for hydroxylation is 1. The van der Waals surface area contributed by atoms with Crippen molar-refractivity contribution in [1.29, 1.82) is 0 Å². The molecular formula is C19H14Cl2N4O2. The van der Waals surface area contributed by atoms with Crippen LogP contribution in [0.2, 0.25) is 10.0 Å². The number of nitrogens with one attached hydrogen (secondary N) is 2. The molecule has 8 heteroatoms. The SMILES string of the molecule is Cc1ccc(C(=O)Nc2ccc(Cl)cc2C(=O)Nc2ccc(Cl)cn2)cn1. The first-order chi connectivity index (χ1) is 12.9. The van der Waals surface area contributed by atoms with E-state index in [0.29, 0.717) is 27.1 Å². The highest BCUT2D eigenvalue weighted by Gasteiger charge is 2.16. The van der Waals surface area contributed by atoms with Crippen LogP contribution in [-0.2, 0) is 0 Å². The third-order valence-corrected chi connectivity index (χ3v) is 4.08. The minimum absolute atomic E-state index is 0.202. The first kappa shape index (κ1) is 18.8. The van der Waals surface area contributed by atoms with Gasteiger partial charge in [0.1, 0.15) is 5.82 Å².